The molecule has 3 rings (SSSR count). The molecule has 0 aliphatic carbocycles. The van der Waals surface area contributed by atoms with E-state index in [9.17, 15) is 9.59 Å². The zero-order chi connectivity index (χ0) is 15.3. The maximum Gasteiger partial charge on any atom is 0.266 e. The van der Waals surface area contributed by atoms with Gasteiger partial charge in [-0.2, -0.15) is 0 Å². The Morgan fingerprint density at radius 2 is 1.48 bits per heavy atom. The number of halogens is 2. The van der Waals surface area contributed by atoms with Crippen LogP contribution in [-0.2, 0) is 0 Å². The van der Waals surface area contributed by atoms with Crippen LogP contribution in [0.3, 0.4) is 0 Å². The topological polar surface area (TPSA) is 37.4 Å². The maximum absolute atomic E-state index is 12.6. The summed E-state index contributed by atoms with van der Waals surface area (Å²) in [6, 6.07) is 8.80. The molecule has 0 unspecified atom stereocenters. The lowest BCUT2D eigenvalue weighted by Gasteiger charge is -2.20. The van der Waals surface area contributed by atoms with Crippen LogP contribution in [0.25, 0.3) is 0 Å². The second-order valence-corrected chi connectivity index (χ2v) is 6.60. The molecule has 5 heteroatoms. The fourth-order valence-electron chi connectivity index (χ4n) is 2.42. The van der Waals surface area contributed by atoms with Crippen LogP contribution < -0.4 is 4.90 Å². The summed E-state index contributed by atoms with van der Waals surface area (Å²) in [6.07, 6.45) is 0. The number of benzene rings is 2. The van der Waals surface area contributed by atoms with E-state index in [-0.39, 0.29) is 11.8 Å². The Kier molecular flexibility index (Phi) is 3.50. The third kappa shape index (κ3) is 2.07. The van der Waals surface area contributed by atoms with Crippen molar-refractivity contribution in [3.05, 3.63) is 61.5 Å². The molecule has 0 saturated carbocycles. The molecule has 0 bridgehead atoms. The van der Waals surface area contributed by atoms with Gasteiger partial charge in [0.2, 0.25) is 0 Å². The van der Waals surface area contributed by atoms with Crippen LogP contribution in [0.15, 0.2) is 39.3 Å². The van der Waals surface area contributed by atoms with Crippen molar-refractivity contribution >= 4 is 49.4 Å². The van der Waals surface area contributed by atoms with Gasteiger partial charge in [-0.3, -0.25) is 9.59 Å². The molecule has 2 aromatic carbocycles. The summed E-state index contributed by atoms with van der Waals surface area (Å²) in [5, 5.41) is 0. The summed E-state index contributed by atoms with van der Waals surface area (Å²) in [6.45, 7) is 3.94. The van der Waals surface area contributed by atoms with E-state index in [1.807, 2.05) is 19.9 Å². The predicted molar refractivity (Wildman–Crippen MR) is 88.9 cm³/mol. The van der Waals surface area contributed by atoms with Crippen molar-refractivity contribution in [2.24, 2.45) is 0 Å². The minimum atomic E-state index is -0.291. The number of amides is 2. The fourth-order valence-corrected chi connectivity index (χ4v) is 4.11. The van der Waals surface area contributed by atoms with E-state index in [1.54, 1.807) is 24.3 Å². The number of fused-ring (bicyclic) bond motifs is 1. The first-order valence-electron chi connectivity index (χ1n) is 6.36. The maximum atomic E-state index is 12.6. The zero-order valence-corrected chi connectivity index (χ0v) is 14.6. The molecule has 3 nitrogen and oxygen atoms in total. The number of carbonyl (C=O) groups excluding carboxylic acids is 2. The molecule has 0 N–H and O–H groups in total. The Bertz CT molecular complexity index is 764. The second kappa shape index (κ2) is 5.07. The summed E-state index contributed by atoms with van der Waals surface area (Å²) in [7, 11) is 0. The highest BCUT2D eigenvalue weighted by molar-refractivity contribution is 9.11. The molecule has 2 aromatic rings. The monoisotopic (exact) mass is 407 g/mol. The van der Waals surface area contributed by atoms with Crippen LogP contribution in [0.4, 0.5) is 5.69 Å². The highest BCUT2D eigenvalue weighted by atomic mass is 79.9. The quantitative estimate of drug-likeness (QED) is 0.645. The van der Waals surface area contributed by atoms with Crippen molar-refractivity contribution in [1.29, 1.82) is 0 Å². The van der Waals surface area contributed by atoms with Gasteiger partial charge in [0.1, 0.15) is 0 Å². The van der Waals surface area contributed by atoms with Gasteiger partial charge in [-0.1, -0.05) is 12.1 Å². The molecule has 1 aliphatic rings. The standard InChI is InChI=1S/C16H11Br2NO2/c1-8-7-12(17)14(13(18)9(8)2)19-15(20)10-5-3-4-6-11(10)16(19)21/h3-7H,1-2H3. The van der Waals surface area contributed by atoms with E-state index in [1.165, 1.54) is 4.90 Å². The van der Waals surface area contributed by atoms with Crippen molar-refractivity contribution in [2.75, 3.05) is 4.90 Å². The number of carbonyl (C=O) groups is 2. The smallest absolute Gasteiger partial charge is 0.266 e. The van der Waals surface area contributed by atoms with Gasteiger partial charge in [-0.05, 0) is 75.0 Å². The SMILES string of the molecule is Cc1cc(Br)c(N2C(=O)c3ccccc3C2=O)c(Br)c1C. The average molecular weight is 409 g/mol. The van der Waals surface area contributed by atoms with Crippen molar-refractivity contribution in [1.82, 2.24) is 0 Å². The van der Waals surface area contributed by atoms with Gasteiger partial charge >= 0.3 is 0 Å². The second-order valence-electron chi connectivity index (χ2n) is 4.95. The lowest BCUT2D eigenvalue weighted by Crippen LogP contribution is -2.30. The number of hydrogen-bond acceptors (Lipinski definition) is 2. The van der Waals surface area contributed by atoms with Crippen LogP contribution >= 0.6 is 31.9 Å². The summed E-state index contributed by atoms with van der Waals surface area (Å²) in [4.78, 5) is 26.4. The third-order valence-electron chi connectivity index (χ3n) is 3.72. The third-order valence-corrected chi connectivity index (χ3v) is 5.29. The molecule has 0 radical (unpaired) electrons. The first-order chi connectivity index (χ1) is 9.93. The molecule has 0 atom stereocenters. The molecule has 0 saturated heterocycles. The number of rotatable bonds is 1. The minimum Gasteiger partial charge on any atom is -0.268 e. The molecule has 0 fully saturated rings. The van der Waals surface area contributed by atoms with Gasteiger partial charge in [0.25, 0.3) is 11.8 Å². The average Bonchev–Trinajstić information content (AvgIpc) is 2.71. The highest BCUT2D eigenvalue weighted by Crippen LogP contribution is 2.41. The number of nitrogens with zero attached hydrogens (tertiary/aromatic N) is 1. The van der Waals surface area contributed by atoms with E-state index < -0.39 is 0 Å². The zero-order valence-electron chi connectivity index (χ0n) is 11.4. The number of hydrogen-bond donors (Lipinski definition) is 0. The number of anilines is 1. The normalized spacial score (nSPS) is 13.8. The largest absolute Gasteiger partial charge is 0.268 e. The number of aryl methyl sites for hydroxylation is 1. The van der Waals surface area contributed by atoms with Crippen molar-refractivity contribution in [3.63, 3.8) is 0 Å². The predicted octanol–water partition coefficient (Wildman–Crippen LogP) is 4.63. The van der Waals surface area contributed by atoms with E-state index in [0.29, 0.717) is 21.3 Å². The lowest BCUT2D eigenvalue weighted by atomic mass is 10.1. The Morgan fingerprint density at radius 3 is 2.00 bits per heavy atom. The van der Waals surface area contributed by atoms with Crippen molar-refractivity contribution < 1.29 is 9.59 Å². The minimum absolute atomic E-state index is 0.291. The highest BCUT2D eigenvalue weighted by Gasteiger charge is 2.38. The molecule has 106 valence electrons. The Labute approximate surface area is 139 Å². The lowest BCUT2D eigenvalue weighted by molar-refractivity contribution is 0.0926. The van der Waals surface area contributed by atoms with E-state index in [4.69, 9.17) is 0 Å². The first kappa shape index (κ1) is 14.5. The fraction of sp³-hybridized carbons (Fsp3) is 0.125. The molecule has 0 aromatic heterocycles. The summed E-state index contributed by atoms with van der Waals surface area (Å²) < 4.78 is 1.47. The van der Waals surface area contributed by atoms with Crippen LogP contribution in [0.5, 0.6) is 0 Å². The van der Waals surface area contributed by atoms with Crippen molar-refractivity contribution in [2.45, 2.75) is 13.8 Å². The Morgan fingerprint density at radius 1 is 0.952 bits per heavy atom. The van der Waals surface area contributed by atoms with Crippen LogP contribution in [0.1, 0.15) is 31.8 Å². The van der Waals surface area contributed by atoms with Gasteiger partial charge in [-0.15, -0.1) is 0 Å². The Hall–Kier alpha value is -1.46. The van der Waals surface area contributed by atoms with Gasteiger partial charge in [0, 0.05) is 8.95 Å². The van der Waals surface area contributed by atoms with E-state index in [2.05, 4.69) is 31.9 Å². The Balaban J connectivity index is 2.23. The molecule has 1 aliphatic heterocycles. The van der Waals surface area contributed by atoms with Gasteiger partial charge < -0.3 is 0 Å². The first-order valence-corrected chi connectivity index (χ1v) is 7.95. The van der Waals surface area contributed by atoms with Gasteiger partial charge in [-0.25, -0.2) is 4.90 Å². The van der Waals surface area contributed by atoms with Crippen LogP contribution in [0, 0.1) is 13.8 Å². The van der Waals surface area contributed by atoms with Gasteiger partial charge in [0.05, 0.1) is 16.8 Å². The summed E-state index contributed by atoms with van der Waals surface area (Å²) >= 11 is 6.98. The molecular weight excluding hydrogens is 398 g/mol. The van der Waals surface area contributed by atoms with Crippen molar-refractivity contribution in [3.8, 4) is 0 Å². The summed E-state index contributed by atoms with van der Waals surface area (Å²) in [5.41, 5.74) is 3.53. The molecule has 0 spiro atoms. The van der Waals surface area contributed by atoms with E-state index in [0.717, 1.165) is 15.6 Å². The van der Waals surface area contributed by atoms with E-state index >= 15 is 0 Å². The number of imide groups is 1. The van der Waals surface area contributed by atoms with Gasteiger partial charge in [0.15, 0.2) is 0 Å². The molecule has 1 heterocycles. The molecule has 21 heavy (non-hydrogen) atoms. The summed E-state index contributed by atoms with van der Waals surface area (Å²) in [5.74, 6) is -0.583. The van der Waals surface area contributed by atoms with Crippen LogP contribution in [0.2, 0.25) is 0 Å². The van der Waals surface area contributed by atoms with Crippen LogP contribution in [-0.4, -0.2) is 11.8 Å². The molecular formula is C16H11Br2NO2. The molecule has 2 amide bonds.